The van der Waals surface area contributed by atoms with Crippen LogP contribution >= 0.6 is 23.2 Å². The van der Waals surface area contributed by atoms with Crippen LogP contribution in [0.15, 0.2) is 24.9 Å². The van der Waals surface area contributed by atoms with Crippen molar-refractivity contribution >= 4 is 40.2 Å². The second-order valence-electron chi connectivity index (χ2n) is 2.78. The van der Waals surface area contributed by atoms with Crippen molar-refractivity contribution in [2.45, 2.75) is 0 Å². The van der Waals surface area contributed by atoms with Gasteiger partial charge in [0.1, 0.15) is 0 Å². The van der Waals surface area contributed by atoms with Crippen LogP contribution in [0.5, 0.6) is 0 Å². The minimum Gasteiger partial charge on any atom is -0.226 e. The summed E-state index contributed by atoms with van der Waals surface area (Å²) in [5.41, 5.74) is 1.61. The van der Waals surface area contributed by atoms with Gasteiger partial charge in [-0.2, -0.15) is 0 Å². The van der Waals surface area contributed by atoms with Crippen molar-refractivity contribution in [1.82, 2.24) is 9.97 Å². The summed E-state index contributed by atoms with van der Waals surface area (Å²) < 4.78 is 0. The fraction of sp³-hybridized carbons (Fsp3) is 0. The third kappa shape index (κ3) is 1.59. The molecule has 0 saturated heterocycles. The number of hydrogen-bond acceptors (Lipinski definition) is 2. The molecule has 0 unspecified atom stereocenters. The van der Waals surface area contributed by atoms with Gasteiger partial charge in [0.2, 0.25) is 5.28 Å². The lowest BCUT2D eigenvalue weighted by atomic mass is 10.1. The molecule has 4 heteroatoms. The number of hydrogen-bond donors (Lipinski definition) is 0. The molecule has 0 aliphatic carbocycles. The molecular weight excluding hydrogens is 219 g/mol. The van der Waals surface area contributed by atoms with E-state index in [1.165, 1.54) is 0 Å². The average molecular weight is 225 g/mol. The molecule has 2 rings (SSSR count). The van der Waals surface area contributed by atoms with E-state index >= 15 is 0 Å². The van der Waals surface area contributed by atoms with Gasteiger partial charge in [0, 0.05) is 16.6 Å². The molecule has 0 amide bonds. The van der Waals surface area contributed by atoms with Crippen LogP contribution in [0, 0.1) is 0 Å². The number of rotatable bonds is 1. The molecular formula is C10H6Cl2N2. The molecule has 2 aromatic rings. The lowest BCUT2D eigenvalue weighted by Crippen LogP contribution is -1.85. The molecule has 0 aliphatic heterocycles. The van der Waals surface area contributed by atoms with Gasteiger partial charge >= 0.3 is 0 Å². The van der Waals surface area contributed by atoms with E-state index in [9.17, 15) is 0 Å². The molecule has 0 fully saturated rings. The summed E-state index contributed by atoms with van der Waals surface area (Å²) in [4.78, 5) is 7.95. The Balaban J connectivity index is 2.79. The van der Waals surface area contributed by atoms with Crippen molar-refractivity contribution in [3.8, 4) is 0 Å². The van der Waals surface area contributed by atoms with Gasteiger partial charge in [0.15, 0.2) is 0 Å². The Morgan fingerprint density at radius 1 is 1.29 bits per heavy atom. The fourth-order valence-corrected chi connectivity index (χ4v) is 1.59. The summed E-state index contributed by atoms with van der Waals surface area (Å²) in [6, 6.07) is 3.63. The van der Waals surface area contributed by atoms with Crippen molar-refractivity contribution in [3.05, 3.63) is 40.8 Å². The summed E-state index contributed by atoms with van der Waals surface area (Å²) in [5, 5.41) is 1.73. The Labute approximate surface area is 91.2 Å². The molecule has 1 aromatic heterocycles. The van der Waals surface area contributed by atoms with Crippen molar-refractivity contribution in [2.24, 2.45) is 0 Å². The molecule has 2 nitrogen and oxygen atoms in total. The maximum Gasteiger partial charge on any atom is 0.222 e. The zero-order valence-corrected chi connectivity index (χ0v) is 8.68. The van der Waals surface area contributed by atoms with E-state index in [0.717, 1.165) is 16.5 Å². The molecule has 0 aliphatic rings. The molecule has 0 atom stereocenters. The maximum atomic E-state index is 5.98. The summed E-state index contributed by atoms with van der Waals surface area (Å²) >= 11 is 11.7. The summed E-state index contributed by atoms with van der Waals surface area (Å²) in [5.74, 6) is 0. The first-order valence-corrected chi connectivity index (χ1v) is 4.70. The topological polar surface area (TPSA) is 25.8 Å². The summed E-state index contributed by atoms with van der Waals surface area (Å²) in [6.07, 6.45) is 3.32. The summed E-state index contributed by atoms with van der Waals surface area (Å²) in [7, 11) is 0. The highest BCUT2D eigenvalue weighted by molar-refractivity contribution is 6.33. The largest absolute Gasteiger partial charge is 0.226 e. The maximum absolute atomic E-state index is 5.98. The minimum atomic E-state index is 0.231. The van der Waals surface area contributed by atoms with Crippen LogP contribution < -0.4 is 0 Å². The van der Waals surface area contributed by atoms with Crippen LogP contribution in [-0.2, 0) is 0 Å². The van der Waals surface area contributed by atoms with E-state index in [0.29, 0.717) is 5.02 Å². The van der Waals surface area contributed by atoms with E-state index in [1.54, 1.807) is 18.3 Å². The first kappa shape index (κ1) is 9.44. The molecule has 0 bridgehead atoms. The van der Waals surface area contributed by atoms with Gasteiger partial charge in [-0.25, -0.2) is 9.97 Å². The Hall–Kier alpha value is -1.12. The number of nitrogens with zero attached hydrogens (tertiary/aromatic N) is 2. The van der Waals surface area contributed by atoms with E-state index in [1.807, 2.05) is 6.07 Å². The van der Waals surface area contributed by atoms with Gasteiger partial charge in [-0.05, 0) is 29.3 Å². The van der Waals surface area contributed by atoms with Crippen molar-refractivity contribution in [1.29, 1.82) is 0 Å². The molecule has 14 heavy (non-hydrogen) atoms. The molecule has 0 radical (unpaired) electrons. The smallest absolute Gasteiger partial charge is 0.222 e. The Bertz CT molecular complexity index is 509. The van der Waals surface area contributed by atoms with Crippen molar-refractivity contribution in [2.75, 3.05) is 0 Å². The first-order chi connectivity index (χ1) is 6.70. The zero-order chi connectivity index (χ0) is 10.1. The Morgan fingerprint density at radius 3 is 2.79 bits per heavy atom. The second kappa shape index (κ2) is 3.56. The molecule has 0 spiro atoms. The molecule has 1 heterocycles. The highest BCUT2D eigenvalue weighted by atomic mass is 35.5. The second-order valence-corrected chi connectivity index (χ2v) is 3.52. The van der Waals surface area contributed by atoms with E-state index in [-0.39, 0.29) is 5.28 Å². The van der Waals surface area contributed by atoms with E-state index in [2.05, 4.69) is 16.5 Å². The molecule has 0 saturated carbocycles. The average Bonchev–Trinajstić information content (AvgIpc) is 2.17. The predicted molar refractivity (Wildman–Crippen MR) is 59.6 cm³/mol. The van der Waals surface area contributed by atoms with Crippen LogP contribution in [-0.4, -0.2) is 9.97 Å². The van der Waals surface area contributed by atoms with Gasteiger partial charge < -0.3 is 0 Å². The number of halogens is 2. The molecule has 70 valence electrons. The Kier molecular flexibility index (Phi) is 2.40. The third-order valence-corrected chi connectivity index (χ3v) is 2.40. The highest BCUT2D eigenvalue weighted by Gasteiger charge is 2.02. The fourth-order valence-electron chi connectivity index (χ4n) is 1.20. The normalized spacial score (nSPS) is 10.4. The SMILES string of the molecule is C=Cc1cc2nc(Cl)ncc2cc1Cl. The lowest BCUT2D eigenvalue weighted by Gasteiger charge is -2.01. The zero-order valence-electron chi connectivity index (χ0n) is 7.17. The third-order valence-electron chi connectivity index (χ3n) is 1.89. The van der Waals surface area contributed by atoms with Gasteiger partial charge in [-0.1, -0.05) is 24.3 Å². The standard InChI is InChI=1S/C10H6Cl2N2/c1-2-6-4-9-7(3-8(6)11)5-13-10(12)14-9/h2-5H,1H2. The molecule has 1 aromatic carbocycles. The Morgan fingerprint density at radius 2 is 2.07 bits per heavy atom. The van der Waals surface area contributed by atoms with Crippen LogP contribution in [0.1, 0.15) is 5.56 Å². The summed E-state index contributed by atoms with van der Waals surface area (Å²) in [6.45, 7) is 3.66. The lowest BCUT2D eigenvalue weighted by molar-refractivity contribution is 1.22. The highest BCUT2D eigenvalue weighted by Crippen LogP contribution is 2.23. The monoisotopic (exact) mass is 224 g/mol. The van der Waals surface area contributed by atoms with Gasteiger partial charge in [-0.3, -0.25) is 0 Å². The number of aromatic nitrogens is 2. The van der Waals surface area contributed by atoms with E-state index in [4.69, 9.17) is 23.2 Å². The quantitative estimate of drug-likeness (QED) is 0.693. The van der Waals surface area contributed by atoms with Crippen LogP contribution in [0.4, 0.5) is 0 Å². The van der Waals surface area contributed by atoms with Gasteiger partial charge in [0.05, 0.1) is 5.52 Å². The number of fused-ring (bicyclic) bond motifs is 1. The van der Waals surface area contributed by atoms with Crippen molar-refractivity contribution in [3.63, 3.8) is 0 Å². The number of benzene rings is 1. The van der Waals surface area contributed by atoms with E-state index < -0.39 is 0 Å². The van der Waals surface area contributed by atoms with Gasteiger partial charge in [-0.15, -0.1) is 0 Å². The molecule has 0 N–H and O–H groups in total. The predicted octanol–water partition coefficient (Wildman–Crippen LogP) is 3.58. The van der Waals surface area contributed by atoms with Crippen LogP contribution in [0.2, 0.25) is 10.3 Å². The van der Waals surface area contributed by atoms with Crippen molar-refractivity contribution < 1.29 is 0 Å². The van der Waals surface area contributed by atoms with Crippen LogP contribution in [0.3, 0.4) is 0 Å². The van der Waals surface area contributed by atoms with Gasteiger partial charge in [0.25, 0.3) is 0 Å². The first-order valence-electron chi connectivity index (χ1n) is 3.95. The van der Waals surface area contributed by atoms with Crippen LogP contribution in [0.25, 0.3) is 17.0 Å². The minimum absolute atomic E-state index is 0.231.